The van der Waals surface area contributed by atoms with Crippen molar-refractivity contribution in [2.24, 2.45) is 0 Å². The molecule has 0 aliphatic carbocycles. The number of benzene rings is 1. The standard InChI is InChI=1S/C16H16FNOS/c1-2-18(12-15-7-4-10-20-15)16(19)9-8-13-5-3-6-14(17)11-13/h3-11H,2,12H2,1H3/b9-8+. The third kappa shape index (κ3) is 4.03. The maximum atomic E-state index is 13.0. The van der Waals surface area contributed by atoms with E-state index in [1.54, 1.807) is 34.4 Å². The van der Waals surface area contributed by atoms with Crippen LogP contribution in [-0.2, 0) is 11.3 Å². The molecule has 4 heteroatoms. The first kappa shape index (κ1) is 14.5. The highest BCUT2D eigenvalue weighted by molar-refractivity contribution is 7.09. The highest BCUT2D eigenvalue weighted by atomic mass is 32.1. The Balaban J connectivity index is 2.02. The lowest BCUT2D eigenvalue weighted by atomic mass is 10.2. The molecule has 2 rings (SSSR count). The fraction of sp³-hybridized carbons (Fsp3) is 0.188. The molecule has 1 heterocycles. The highest BCUT2D eigenvalue weighted by Gasteiger charge is 2.09. The van der Waals surface area contributed by atoms with Crippen LogP contribution in [0.3, 0.4) is 0 Å². The first-order valence-electron chi connectivity index (χ1n) is 6.44. The molecule has 1 aromatic carbocycles. The number of hydrogen-bond donors (Lipinski definition) is 0. The first-order valence-corrected chi connectivity index (χ1v) is 7.32. The molecule has 0 saturated heterocycles. The number of carbonyl (C=O) groups excluding carboxylic acids is 1. The van der Waals surface area contributed by atoms with Crippen LogP contribution in [0.25, 0.3) is 6.08 Å². The van der Waals surface area contributed by atoms with Crippen LogP contribution in [0.5, 0.6) is 0 Å². The minimum absolute atomic E-state index is 0.0647. The lowest BCUT2D eigenvalue weighted by molar-refractivity contribution is -0.126. The molecule has 20 heavy (non-hydrogen) atoms. The van der Waals surface area contributed by atoms with E-state index in [2.05, 4.69) is 0 Å². The average Bonchev–Trinajstić information content (AvgIpc) is 2.95. The molecule has 0 N–H and O–H groups in total. The van der Waals surface area contributed by atoms with Gasteiger partial charge < -0.3 is 4.90 Å². The van der Waals surface area contributed by atoms with Crippen molar-refractivity contribution in [1.29, 1.82) is 0 Å². The SMILES string of the molecule is CCN(Cc1cccs1)C(=O)/C=C/c1cccc(F)c1. The third-order valence-corrected chi connectivity index (χ3v) is 3.75. The summed E-state index contributed by atoms with van der Waals surface area (Å²) in [4.78, 5) is 15.0. The monoisotopic (exact) mass is 289 g/mol. The van der Waals surface area contributed by atoms with Gasteiger partial charge in [0.15, 0.2) is 0 Å². The predicted octanol–water partition coefficient (Wildman–Crippen LogP) is 3.95. The van der Waals surface area contributed by atoms with Gasteiger partial charge in [-0.25, -0.2) is 4.39 Å². The van der Waals surface area contributed by atoms with E-state index >= 15 is 0 Å². The van der Waals surface area contributed by atoms with Crippen molar-refractivity contribution in [3.63, 3.8) is 0 Å². The number of thiophene rings is 1. The van der Waals surface area contributed by atoms with Gasteiger partial charge in [0.2, 0.25) is 5.91 Å². The van der Waals surface area contributed by atoms with E-state index in [-0.39, 0.29) is 11.7 Å². The van der Waals surface area contributed by atoms with Gasteiger partial charge in [-0.05, 0) is 42.1 Å². The Morgan fingerprint density at radius 3 is 2.85 bits per heavy atom. The minimum atomic E-state index is -0.300. The highest BCUT2D eigenvalue weighted by Crippen LogP contribution is 2.12. The lowest BCUT2D eigenvalue weighted by Crippen LogP contribution is -2.28. The van der Waals surface area contributed by atoms with Gasteiger partial charge in [-0.15, -0.1) is 11.3 Å². The number of carbonyl (C=O) groups is 1. The molecule has 0 fully saturated rings. The fourth-order valence-corrected chi connectivity index (χ4v) is 2.54. The summed E-state index contributed by atoms with van der Waals surface area (Å²) in [6, 6.07) is 10.2. The smallest absolute Gasteiger partial charge is 0.246 e. The van der Waals surface area contributed by atoms with E-state index in [4.69, 9.17) is 0 Å². The molecule has 0 bridgehead atoms. The molecule has 104 valence electrons. The van der Waals surface area contributed by atoms with E-state index in [0.29, 0.717) is 18.7 Å². The molecule has 0 unspecified atom stereocenters. The van der Waals surface area contributed by atoms with Crippen molar-refractivity contribution >= 4 is 23.3 Å². The van der Waals surface area contributed by atoms with E-state index in [1.807, 2.05) is 24.4 Å². The maximum absolute atomic E-state index is 13.0. The predicted molar refractivity (Wildman–Crippen MR) is 80.8 cm³/mol. The van der Waals surface area contributed by atoms with Crippen molar-refractivity contribution < 1.29 is 9.18 Å². The molecule has 2 aromatic rings. The van der Waals surface area contributed by atoms with Crippen molar-refractivity contribution in [2.75, 3.05) is 6.54 Å². The molecular formula is C16H16FNOS. The molecule has 0 spiro atoms. The molecule has 0 saturated carbocycles. The van der Waals surface area contributed by atoms with Crippen molar-refractivity contribution in [3.8, 4) is 0 Å². The molecule has 2 nitrogen and oxygen atoms in total. The summed E-state index contributed by atoms with van der Waals surface area (Å²) in [6.07, 6.45) is 3.13. The van der Waals surface area contributed by atoms with Gasteiger partial charge in [0.05, 0.1) is 6.54 Å². The average molecular weight is 289 g/mol. The lowest BCUT2D eigenvalue weighted by Gasteiger charge is -2.18. The molecular weight excluding hydrogens is 273 g/mol. The Morgan fingerprint density at radius 2 is 2.20 bits per heavy atom. The van der Waals surface area contributed by atoms with Crippen LogP contribution < -0.4 is 0 Å². The van der Waals surface area contributed by atoms with Gasteiger partial charge in [-0.1, -0.05) is 18.2 Å². The summed E-state index contributed by atoms with van der Waals surface area (Å²) in [7, 11) is 0. The van der Waals surface area contributed by atoms with Gasteiger partial charge in [-0.2, -0.15) is 0 Å². The molecule has 0 aliphatic heterocycles. The van der Waals surface area contributed by atoms with Crippen molar-refractivity contribution in [3.05, 3.63) is 64.1 Å². The molecule has 1 amide bonds. The third-order valence-electron chi connectivity index (χ3n) is 2.89. The summed E-state index contributed by atoms with van der Waals surface area (Å²) < 4.78 is 13.0. The fourth-order valence-electron chi connectivity index (χ4n) is 1.82. The van der Waals surface area contributed by atoms with Gasteiger partial charge in [-0.3, -0.25) is 4.79 Å². The number of rotatable bonds is 5. The van der Waals surface area contributed by atoms with Crippen LogP contribution in [0.15, 0.2) is 47.9 Å². The Hall–Kier alpha value is -1.94. The summed E-state index contributed by atoms with van der Waals surface area (Å²) in [5.41, 5.74) is 0.686. The quantitative estimate of drug-likeness (QED) is 0.763. The molecule has 0 aliphatic rings. The summed E-state index contributed by atoms with van der Waals surface area (Å²) >= 11 is 1.63. The van der Waals surface area contributed by atoms with E-state index in [0.717, 1.165) is 4.88 Å². The van der Waals surface area contributed by atoms with Gasteiger partial charge in [0, 0.05) is 17.5 Å². The normalized spacial score (nSPS) is 10.9. The second-order valence-corrected chi connectivity index (χ2v) is 5.35. The molecule has 0 radical (unpaired) electrons. The van der Waals surface area contributed by atoms with E-state index in [1.165, 1.54) is 18.2 Å². The number of hydrogen-bond acceptors (Lipinski definition) is 2. The van der Waals surface area contributed by atoms with Crippen molar-refractivity contribution in [2.45, 2.75) is 13.5 Å². The van der Waals surface area contributed by atoms with Crippen LogP contribution in [0.4, 0.5) is 4.39 Å². The second kappa shape index (κ2) is 7.01. The first-order chi connectivity index (χ1) is 9.69. The van der Waals surface area contributed by atoms with Crippen LogP contribution >= 0.6 is 11.3 Å². The Bertz CT molecular complexity index is 592. The van der Waals surface area contributed by atoms with Crippen LogP contribution in [0.2, 0.25) is 0 Å². The summed E-state index contributed by atoms with van der Waals surface area (Å²) in [5, 5.41) is 2.00. The number of nitrogens with zero attached hydrogens (tertiary/aromatic N) is 1. The zero-order chi connectivity index (χ0) is 14.4. The Kier molecular flexibility index (Phi) is 5.07. The van der Waals surface area contributed by atoms with Gasteiger partial charge >= 0.3 is 0 Å². The summed E-state index contributed by atoms with van der Waals surface area (Å²) in [6.45, 7) is 3.20. The maximum Gasteiger partial charge on any atom is 0.246 e. The van der Waals surface area contributed by atoms with E-state index in [9.17, 15) is 9.18 Å². The van der Waals surface area contributed by atoms with Crippen molar-refractivity contribution in [1.82, 2.24) is 4.90 Å². The molecule has 0 atom stereocenters. The Morgan fingerprint density at radius 1 is 1.35 bits per heavy atom. The van der Waals surface area contributed by atoms with E-state index < -0.39 is 0 Å². The van der Waals surface area contributed by atoms with Crippen LogP contribution in [-0.4, -0.2) is 17.4 Å². The topological polar surface area (TPSA) is 20.3 Å². The largest absolute Gasteiger partial charge is 0.334 e. The van der Waals surface area contributed by atoms with Crippen LogP contribution in [0, 0.1) is 5.82 Å². The van der Waals surface area contributed by atoms with Gasteiger partial charge in [0.1, 0.15) is 5.82 Å². The second-order valence-electron chi connectivity index (χ2n) is 4.32. The Labute approximate surface area is 122 Å². The molecule has 1 aromatic heterocycles. The van der Waals surface area contributed by atoms with Gasteiger partial charge in [0.25, 0.3) is 0 Å². The summed E-state index contributed by atoms with van der Waals surface area (Å²) in [5.74, 6) is -0.365. The number of halogens is 1. The zero-order valence-electron chi connectivity index (χ0n) is 11.3. The minimum Gasteiger partial charge on any atom is -0.334 e. The van der Waals surface area contributed by atoms with Crippen LogP contribution in [0.1, 0.15) is 17.4 Å². The number of likely N-dealkylation sites (N-methyl/N-ethyl adjacent to an activating group) is 1. The zero-order valence-corrected chi connectivity index (χ0v) is 12.1. The number of amides is 1.